The summed E-state index contributed by atoms with van der Waals surface area (Å²) < 4.78 is 0. The summed E-state index contributed by atoms with van der Waals surface area (Å²) in [6.45, 7) is 5.10. The summed E-state index contributed by atoms with van der Waals surface area (Å²) in [6, 6.07) is -1.09. The third kappa shape index (κ3) is 2.87. The van der Waals surface area contributed by atoms with E-state index in [2.05, 4.69) is 29.8 Å². The maximum absolute atomic E-state index is 12.5. The lowest BCUT2D eigenvalue weighted by Gasteiger charge is -2.23. The monoisotopic (exact) mass is 323 g/mol. The van der Waals surface area contributed by atoms with E-state index in [4.69, 9.17) is 5.11 Å². The largest absolute Gasteiger partial charge is 0.389 e. The Morgan fingerprint density at radius 2 is 2.17 bits per heavy atom. The number of amides is 2. The van der Waals surface area contributed by atoms with E-state index in [0.29, 0.717) is 24.8 Å². The quantitative estimate of drug-likeness (QED) is 0.491. The Labute approximate surface area is 135 Å². The maximum Gasteiger partial charge on any atom is 0.238 e. The predicted molar refractivity (Wildman–Crippen MR) is 82.3 cm³/mol. The highest BCUT2D eigenvalue weighted by Gasteiger charge is 2.65. The van der Waals surface area contributed by atoms with Crippen LogP contribution < -0.4 is 16.0 Å². The van der Waals surface area contributed by atoms with Gasteiger partial charge in [-0.2, -0.15) is 0 Å². The Morgan fingerprint density at radius 3 is 2.70 bits per heavy atom. The molecule has 2 amide bonds. The highest BCUT2D eigenvalue weighted by atomic mass is 16.3. The van der Waals surface area contributed by atoms with E-state index in [9.17, 15) is 14.4 Å². The van der Waals surface area contributed by atoms with Gasteiger partial charge in [-0.1, -0.05) is 13.8 Å². The molecule has 0 aromatic rings. The second-order valence-electron chi connectivity index (χ2n) is 7.54. The van der Waals surface area contributed by atoms with Gasteiger partial charge in [-0.15, -0.1) is 0 Å². The number of fused-ring (bicyclic) bond motifs is 1. The predicted octanol–water partition coefficient (Wildman–Crippen LogP) is -1.20. The molecule has 2 saturated heterocycles. The molecule has 0 radical (unpaired) electrons. The van der Waals surface area contributed by atoms with Gasteiger partial charge >= 0.3 is 0 Å². The number of aliphatic hydroxyl groups excluding tert-OH is 1. The molecule has 5 atom stereocenters. The van der Waals surface area contributed by atoms with Crippen molar-refractivity contribution in [2.45, 2.75) is 38.8 Å². The van der Waals surface area contributed by atoms with E-state index < -0.39 is 18.4 Å². The van der Waals surface area contributed by atoms with E-state index >= 15 is 0 Å². The van der Waals surface area contributed by atoms with Crippen molar-refractivity contribution in [2.75, 3.05) is 19.7 Å². The zero-order valence-electron chi connectivity index (χ0n) is 13.6. The smallest absolute Gasteiger partial charge is 0.238 e. The van der Waals surface area contributed by atoms with Crippen molar-refractivity contribution >= 4 is 17.6 Å². The SMILES string of the molecule is CC1(C)[C@@H]2[C@@H](C(=O)N[C@@H](C[C@@H]3CCNC3=O)C(=O)CO)NC[C@@H]21. The lowest BCUT2D eigenvalue weighted by atomic mass is 9.95. The van der Waals surface area contributed by atoms with Crippen LogP contribution in [0.3, 0.4) is 0 Å². The topological polar surface area (TPSA) is 108 Å². The van der Waals surface area contributed by atoms with Crippen LogP contribution in [0.2, 0.25) is 0 Å². The van der Waals surface area contributed by atoms with Crippen molar-refractivity contribution < 1.29 is 19.5 Å². The lowest BCUT2D eigenvalue weighted by Crippen LogP contribution is -2.51. The standard InChI is InChI=1S/C16H25N3O4/c1-16(2)9-6-18-13(12(9)16)15(23)19-10(11(21)7-20)5-8-3-4-17-14(8)22/h8-10,12-13,18,20H,3-7H2,1-2H3,(H,17,22)(H,19,23)/t8-,9-,10-,12-,13-/m0/s1. The minimum Gasteiger partial charge on any atom is -0.389 e. The van der Waals surface area contributed by atoms with Gasteiger partial charge in [-0.25, -0.2) is 0 Å². The number of hydrogen-bond donors (Lipinski definition) is 4. The molecular weight excluding hydrogens is 298 g/mol. The van der Waals surface area contributed by atoms with Gasteiger partial charge in [0, 0.05) is 12.5 Å². The van der Waals surface area contributed by atoms with Gasteiger partial charge < -0.3 is 21.1 Å². The zero-order valence-corrected chi connectivity index (χ0v) is 13.6. The molecule has 128 valence electrons. The van der Waals surface area contributed by atoms with Crippen molar-refractivity contribution in [2.24, 2.45) is 23.2 Å². The van der Waals surface area contributed by atoms with E-state index in [0.717, 1.165) is 6.54 Å². The lowest BCUT2D eigenvalue weighted by molar-refractivity contribution is -0.131. The molecule has 7 nitrogen and oxygen atoms in total. The highest BCUT2D eigenvalue weighted by molar-refractivity contribution is 5.92. The summed E-state index contributed by atoms with van der Waals surface area (Å²) >= 11 is 0. The van der Waals surface area contributed by atoms with Crippen molar-refractivity contribution in [3.8, 4) is 0 Å². The number of ketones is 1. The minimum atomic E-state index is -0.802. The Morgan fingerprint density at radius 1 is 1.43 bits per heavy atom. The molecular formula is C16H25N3O4. The number of carbonyl (C=O) groups is 3. The first-order valence-corrected chi connectivity index (χ1v) is 8.31. The number of Topliss-reactive ketones (excluding diaryl/α,β-unsaturated/α-hetero) is 1. The molecule has 0 spiro atoms. The molecule has 2 aliphatic heterocycles. The first-order chi connectivity index (χ1) is 10.9. The molecule has 0 aromatic carbocycles. The Hall–Kier alpha value is -1.47. The van der Waals surface area contributed by atoms with E-state index in [1.807, 2.05) is 0 Å². The zero-order chi connectivity index (χ0) is 16.8. The molecule has 3 fully saturated rings. The number of rotatable bonds is 6. The first kappa shape index (κ1) is 16.4. The summed E-state index contributed by atoms with van der Waals surface area (Å²) in [7, 11) is 0. The number of piperidine rings is 1. The molecule has 4 N–H and O–H groups in total. The van der Waals surface area contributed by atoms with Crippen LogP contribution >= 0.6 is 0 Å². The number of aliphatic hydroxyl groups is 1. The average Bonchev–Trinajstić information content (AvgIpc) is 2.94. The maximum atomic E-state index is 12.5. The Balaban J connectivity index is 1.63. The summed E-state index contributed by atoms with van der Waals surface area (Å²) in [5, 5.41) is 17.8. The van der Waals surface area contributed by atoms with E-state index in [1.165, 1.54) is 0 Å². The number of hydrogen-bond acceptors (Lipinski definition) is 5. The third-order valence-electron chi connectivity index (χ3n) is 5.88. The fourth-order valence-corrected chi connectivity index (χ4v) is 4.27. The van der Waals surface area contributed by atoms with Crippen LogP contribution in [0.25, 0.3) is 0 Å². The molecule has 0 unspecified atom stereocenters. The second-order valence-corrected chi connectivity index (χ2v) is 7.54. The Kier molecular flexibility index (Phi) is 4.18. The first-order valence-electron chi connectivity index (χ1n) is 8.31. The van der Waals surface area contributed by atoms with Crippen LogP contribution in [0.1, 0.15) is 26.7 Å². The van der Waals surface area contributed by atoms with Crippen molar-refractivity contribution in [1.82, 2.24) is 16.0 Å². The van der Waals surface area contributed by atoms with Gasteiger partial charge in [0.25, 0.3) is 0 Å². The normalized spacial score (nSPS) is 35.3. The summed E-state index contributed by atoms with van der Waals surface area (Å²) in [5.41, 5.74) is 0.162. The molecule has 1 aliphatic carbocycles. The van der Waals surface area contributed by atoms with Crippen LogP contribution in [-0.2, 0) is 14.4 Å². The highest BCUT2D eigenvalue weighted by Crippen LogP contribution is 2.62. The molecule has 23 heavy (non-hydrogen) atoms. The van der Waals surface area contributed by atoms with E-state index in [1.54, 1.807) is 0 Å². The second kappa shape index (κ2) is 5.87. The van der Waals surface area contributed by atoms with E-state index in [-0.39, 0.29) is 35.6 Å². The van der Waals surface area contributed by atoms with Crippen molar-refractivity contribution in [1.29, 1.82) is 0 Å². The number of carbonyl (C=O) groups excluding carboxylic acids is 3. The van der Waals surface area contributed by atoms with Gasteiger partial charge in [-0.05, 0) is 36.6 Å². The van der Waals surface area contributed by atoms with Crippen molar-refractivity contribution in [3.05, 3.63) is 0 Å². The number of nitrogens with one attached hydrogen (secondary N) is 3. The molecule has 0 aromatic heterocycles. The van der Waals surface area contributed by atoms with Crippen molar-refractivity contribution in [3.63, 3.8) is 0 Å². The fourth-order valence-electron chi connectivity index (χ4n) is 4.27. The fraction of sp³-hybridized carbons (Fsp3) is 0.812. The average molecular weight is 323 g/mol. The molecule has 2 heterocycles. The molecule has 7 heteroatoms. The summed E-state index contributed by atoms with van der Waals surface area (Å²) in [4.78, 5) is 36.2. The van der Waals surface area contributed by atoms with Crippen LogP contribution in [0.4, 0.5) is 0 Å². The molecule has 0 bridgehead atoms. The molecule has 1 saturated carbocycles. The summed E-state index contributed by atoms with van der Waals surface area (Å²) in [6.07, 6.45) is 0.907. The third-order valence-corrected chi connectivity index (χ3v) is 5.88. The molecule has 3 rings (SSSR count). The van der Waals surface area contributed by atoms with Crippen LogP contribution in [0.5, 0.6) is 0 Å². The van der Waals surface area contributed by atoms with Gasteiger partial charge in [0.2, 0.25) is 11.8 Å². The van der Waals surface area contributed by atoms with Crippen LogP contribution in [0, 0.1) is 23.2 Å². The molecule has 3 aliphatic rings. The minimum absolute atomic E-state index is 0.0858. The summed E-state index contributed by atoms with van der Waals surface area (Å²) in [5.74, 6) is -0.209. The van der Waals surface area contributed by atoms with Crippen LogP contribution in [0.15, 0.2) is 0 Å². The van der Waals surface area contributed by atoms with Gasteiger partial charge in [0.1, 0.15) is 6.61 Å². The van der Waals surface area contributed by atoms with Gasteiger partial charge in [-0.3, -0.25) is 14.4 Å². The van der Waals surface area contributed by atoms with Gasteiger partial charge in [0.15, 0.2) is 5.78 Å². The Bertz CT molecular complexity index is 533. The van der Waals surface area contributed by atoms with Crippen LogP contribution in [-0.4, -0.2) is 54.5 Å². The van der Waals surface area contributed by atoms with Gasteiger partial charge in [0.05, 0.1) is 12.1 Å².